The molecule has 78 valence electrons. The molecule has 0 aromatic carbocycles. The van der Waals surface area contributed by atoms with E-state index < -0.39 is 0 Å². The number of rotatable bonds is 4. The average Bonchev–Trinajstić information content (AvgIpc) is 3.01. The second-order valence-electron chi connectivity index (χ2n) is 4.15. The SMILES string of the molecule is Cc1cc(C#N)cc(NCCC2CC2)n1. The predicted molar refractivity (Wildman–Crippen MR) is 59.5 cm³/mol. The number of hydrogen-bond acceptors (Lipinski definition) is 3. The normalized spacial score (nSPS) is 14.7. The number of pyridine rings is 1. The fourth-order valence-corrected chi connectivity index (χ4v) is 1.63. The zero-order valence-electron chi connectivity index (χ0n) is 8.95. The molecular weight excluding hydrogens is 186 g/mol. The lowest BCUT2D eigenvalue weighted by Crippen LogP contribution is -2.04. The molecule has 2 rings (SSSR count). The highest BCUT2D eigenvalue weighted by Gasteiger charge is 2.20. The van der Waals surface area contributed by atoms with Crippen molar-refractivity contribution < 1.29 is 0 Å². The van der Waals surface area contributed by atoms with Crippen molar-refractivity contribution in [3.63, 3.8) is 0 Å². The third-order valence-electron chi connectivity index (χ3n) is 2.64. The summed E-state index contributed by atoms with van der Waals surface area (Å²) in [6, 6.07) is 5.74. The molecule has 1 aliphatic carbocycles. The first-order chi connectivity index (χ1) is 7.28. The lowest BCUT2D eigenvalue weighted by Gasteiger charge is -2.05. The van der Waals surface area contributed by atoms with E-state index in [1.165, 1.54) is 19.3 Å². The molecule has 0 bridgehead atoms. The molecule has 0 atom stereocenters. The lowest BCUT2D eigenvalue weighted by atomic mass is 10.2. The lowest BCUT2D eigenvalue weighted by molar-refractivity contribution is 0.758. The monoisotopic (exact) mass is 201 g/mol. The van der Waals surface area contributed by atoms with Crippen molar-refractivity contribution in [2.45, 2.75) is 26.2 Å². The van der Waals surface area contributed by atoms with E-state index in [1.807, 2.05) is 6.92 Å². The fourth-order valence-electron chi connectivity index (χ4n) is 1.63. The summed E-state index contributed by atoms with van der Waals surface area (Å²) in [5, 5.41) is 12.1. The first-order valence-corrected chi connectivity index (χ1v) is 5.40. The summed E-state index contributed by atoms with van der Waals surface area (Å²) in [4.78, 5) is 4.34. The van der Waals surface area contributed by atoms with Crippen molar-refractivity contribution in [1.82, 2.24) is 4.98 Å². The molecule has 0 spiro atoms. The van der Waals surface area contributed by atoms with Crippen molar-refractivity contribution in [2.75, 3.05) is 11.9 Å². The minimum atomic E-state index is 0.677. The van der Waals surface area contributed by atoms with E-state index in [-0.39, 0.29) is 0 Å². The van der Waals surface area contributed by atoms with Gasteiger partial charge in [-0.2, -0.15) is 5.26 Å². The van der Waals surface area contributed by atoms with Gasteiger partial charge in [0.1, 0.15) is 5.82 Å². The van der Waals surface area contributed by atoms with Crippen LogP contribution in [0.3, 0.4) is 0 Å². The van der Waals surface area contributed by atoms with Crippen LogP contribution in [-0.2, 0) is 0 Å². The molecule has 1 heterocycles. The molecule has 0 unspecified atom stereocenters. The Bertz CT molecular complexity index is 388. The molecule has 1 N–H and O–H groups in total. The quantitative estimate of drug-likeness (QED) is 0.814. The summed E-state index contributed by atoms with van der Waals surface area (Å²) in [6.07, 6.45) is 3.98. The Morgan fingerprint density at radius 3 is 3.00 bits per heavy atom. The number of nitrogens with one attached hydrogen (secondary N) is 1. The van der Waals surface area contributed by atoms with Gasteiger partial charge < -0.3 is 5.32 Å². The maximum absolute atomic E-state index is 8.80. The number of nitriles is 1. The molecule has 0 saturated heterocycles. The van der Waals surface area contributed by atoms with Crippen LogP contribution >= 0.6 is 0 Å². The molecule has 0 aliphatic heterocycles. The summed E-state index contributed by atoms with van der Waals surface area (Å²) in [5.41, 5.74) is 1.57. The summed E-state index contributed by atoms with van der Waals surface area (Å²) >= 11 is 0. The van der Waals surface area contributed by atoms with Gasteiger partial charge in [-0.05, 0) is 31.4 Å². The number of nitrogens with zero attached hydrogens (tertiary/aromatic N) is 2. The predicted octanol–water partition coefficient (Wildman–Crippen LogP) is 2.47. The van der Waals surface area contributed by atoms with Crippen LogP contribution < -0.4 is 5.32 Å². The van der Waals surface area contributed by atoms with Crippen LogP contribution in [0.4, 0.5) is 5.82 Å². The van der Waals surface area contributed by atoms with Crippen LogP contribution in [0, 0.1) is 24.2 Å². The number of aryl methyl sites for hydroxylation is 1. The van der Waals surface area contributed by atoms with Crippen LogP contribution in [-0.4, -0.2) is 11.5 Å². The van der Waals surface area contributed by atoms with Gasteiger partial charge in [0, 0.05) is 12.2 Å². The fraction of sp³-hybridized carbons (Fsp3) is 0.500. The van der Waals surface area contributed by atoms with Gasteiger partial charge in [-0.15, -0.1) is 0 Å². The van der Waals surface area contributed by atoms with Crippen LogP contribution in [0.2, 0.25) is 0 Å². The largest absolute Gasteiger partial charge is 0.370 e. The second-order valence-corrected chi connectivity index (χ2v) is 4.15. The second kappa shape index (κ2) is 4.31. The van der Waals surface area contributed by atoms with Crippen molar-refractivity contribution in [3.8, 4) is 6.07 Å². The van der Waals surface area contributed by atoms with E-state index in [1.54, 1.807) is 12.1 Å². The molecule has 1 aromatic heterocycles. The zero-order valence-corrected chi connectivity index (χ0v) is 8.95. The molecule has 1 fully saturated rings. The van der Waals surface area contributed by atoms with E-state index in [0.717, 1.165) is 24.0 Å². The van der Waals surface area contributed by atoms with Crippen LogP contribution in [0.25, 0.3) is 0 Å². The number of anilines is 1. The summed E-state index contributed by atoms with van der Waals surface area (Å²) in [6.45, 7) is 2.87. The smallest absolute Gasteiger partial charge is 0.127 e. The molecule has 0 amide bonds. The highest BCUT2D eigenvalue weighted by molar-refractivity contribution is 5.44. The zero-order chi connectivity index (χ0) is 10.7. The Labute approximate surface area is 90.1 Å². The Kier molecular flexibility index (Phi) is 2.86. The van der Waals surface area contributed by atoms with Crippen LogP contribution in [0.5, 0.6) is 0 Å². The van der Waals surface area contributed by atoms with Crippen LogP contribution in [0.1, 0.15) is 30.5 Å². The number of aromatic nitrogens is 1. The molecular formula is C12H15N3. The first kappa shape index (κ1) is 9.97. The number of hydrogen-bond donors (Lipinski definition) is 1. The minimum absolute atomic E-state index is 0.677. The Hall–Kier alpha value is -1.56. The Morgan fingerprint density at radius 2 is 2.33 bits per heavy atom. The van der Waals surface area contributed by atoms with Gasteiger partial charge >= 0.3 is 0 Å². The summed E-state index contributed by atoms with van der Waals surface area (Å²) in [7, 11) is 0. The molecule has 1 aliphatic rings. The van der Waals surface area contributed by atoms with Gasteiger partial charge in [-0.25, -0.2) is 4.98 Å². The molecule has 1 saturated carbocycles. The van der Waals surface area contributed by atoms with Gasteiger partial charge in [0.2, 0.25) is 0 Å². The Morgan fingerprint density at radius 1 is 1.53 bits per heavy atom. The van der Waals surface area contributed by atoms with Crippen molar-refractivity contribution in [3.05, 3.63) is 23.4 Å². The standard InChI is InChI=1S/C12H15N3/c1-9-6-11(8-13)7-12(15-9)14-5-4-10-2-3-10/h6-7,10H,2-5H2,1H3,(H,14,15). The van der Waals surface area contributed by atoms with Crippen molar-refractivity contribution in [1.29, 1.82) is 5.26 Å². The van der Waals surface area contributed by atoms with Gasteiger partial charge in [0.05, 0.1) is 11.6 Å². The van der Waals surface area contributed by atoms with E-state index in [4.69, 9.17) is 5.26 Å². The van der Waals surface area contributed by atoms with Gasteiger partial charge in [0.25, 0.3) is 0 Å². The summed E-state index contributed by atoms with van der Waals surface area (Å²) < 4.78 is 0. The topological polar surface area (TPSA) is 48.7 Å². The van der Waals surface area contributed by atoms with Gasteiger partial charge in [-0.1, -0.05) is 12.8 Å². The van der Waals surface area contributed by atoms with Gasteiger partial charge in [-0.3, -0.25) is 0 Å². The van der Waals surface area contributed by atoms with Gasteiger partial charge in [0.15, 0.2) is 0 Å². The highest BCUT2D eigenvalue weighted by Crippen LogP contribution is 2.32. The summed E-state index contributed by atoms with van der Waals surface area (Å²) in [5.74, 6) is 1.75. The molecule has 15 heavy (non-hydrogen) atoms. The maximum Gasteiger partial charge on any atom is 0.127 e. The maximum atomic E-state index is 8.80. The third-order valence-corrected chi connectivity index (χ3v) is 2.64. The van der Waals surface area contributed by atoms with E-state index in [9.17, 15) is 0 Å². The third kappa shape index (κ3) is 2.95. The molecule has 3 heteroatoms. The molecule has 1 aromatic rings. The van der Waals surface area contributed by atoms with E-state index >= 15 is 0 Å². The van der Waals surface area contributed by atoms with Crippen molar-refractivity contribution in [2.24, 2.45) is 5.92 Å². The Balaban J connectivity index is 1.94. The van der Waals surface area contributed by atoms with Crippen molar-refractivity contribution >= 4 is 5.82 Å². The highest BCUT2D eigenvalue weighted by atomic mass is 15.0. The van der Waals surface area contributed by atoms with E-state index in [0.29, 0.717) is 5.56 Å². The molecule has 0 radical (unpaired) electrons. The van der Waals surface area contributed by atoms with E-state index in [2.05, 4.69) is 16.4 Å². The van der Waals surface area contributed by atoms with Crippen LogP contribution in [0.15, 0.2) is 12.1 Å². The average molecular weight is 201 g/mol. The first-order valence-electron chi connectivity index (χ1n) is 5.40. The molecule has 3 nitrogen and oxygen atoms in total. The minimum Gasteiger partial charge on any atom is -0.370 e.